The molecule has 11 nitrogen and oxygen atoms in total. The smallest absolute Gasteiger partial charge is 0.410 e. The van der Waals surface area contributed by atoms with Gasteiger partial charge in [0.25, 0.3) is 5.91 Å². The number of H-pyrrole nitrogens is 1. The number of nitrogens with zero attached hydrogens (tertiary/aromatic N) is 4. The van der Waals surface area contributed by atoms with Crippen molar-refractivity contribution in [1.82, 2.24) is 20.0 Å². The molecule has 1 N–H and O–H groups in total. The second-order valence-electron chi connectivity index (χ2n) is 7.81. The fourth-order valence-corrected chi connectivity index (χ4v) is 3.82. The second-order valence-corrected chi connectivity index (χ2v) is 7.81. The van der Waals surface area contributed by atoms with E-state index in [4.69, 9.17) is 14.3 Å². The predicted molar refractivity (Wildman–Crippen MR) is 109 cm³/mol. The van der Waals surface area contributed by atoms with Crippen LogP contribution in [0.3, 0.4) is 0 Å². The van der Waals surface area contributed by atoms with E-state index in [0.717, 1.165) is 0 Å². The lowest BCUT2D eigenvalue weighted by molar-refractivity contribution is -0.148. The van der Waals surface area contributed by atoms with Gasteiger partial charge >= 0.3 is 12.1 Å². The van der Waals surface area contributed by atoms with Gasteiger partial charge in [-0.3, -0.25) is 14.8 Å². The average Bonchev–Trinajstić information content (AvgIpc) is 3.41. The first kappa shape index (κ1) is 22.6. The predicted octanol–water partition coefficient (Wildman–Crippen LogP) is 1.16. The van der Waals surface area contributed by atoms with Gasteiger partial charge in [0, 0.05) is 25.3 Å². The number of aromatic amines is 1. The van der Waals surface area contributed by atoms with Crippen LogP contribution in [0.4, 0.5) is 4.79 Å². The number of esters is 1. The summed E-state index contributed by atoms with van der Waals surface area (Å²) >= 11 is 0. The van der Waals surface area contributed by atoms with Crippen LogP contribution in [0, 0.1) is 5.92 Å². The summed E-state index contributed by atoms with van der Waals surface area (Å²) in [7, 11) is 0. The summed E-state index contributed by atoms with van der Waals surface area (Å²) in [5.41, 5.74) is 0.417. The third-order valence-electron chi connectivity index (χ3n) is 5.46. The maximum absolute atomic E-state index is 13.1. The first-order valence-electron chi connectivity index (χ1n) is 10.5. The van der Waals surface area contributed by atoms with Gasteiger partial charge in [0.2, 0.25) is 6.61 Å². The summed E-state index contributed by atoms with van der Waals surface area (Å²) < 4.78 is 10.1. The normalized spacial score (nSPS) is 20.2. The molecule has 0 spiro atoms. The van der Waals surface area contributed by atoms with Crippen molar-refractivity contribution in [3.63, 3.8) is 0 Å². The Morgan fingerprint density at radius 1 is 1.35 bits per heavy atom. The molecule has 2 amide bonds. The lowest BCUT2D eigenvalue weighted by Crippen LogP contribution is -2.52. The van der Waals surface area contributed by atoms with E-state index >= 15 is 0 Å². The number of hydrogen-bond donors (Lipinski definition) is 1. The molecule has 2 aliphatic rings. The van der Waals surface area contributed by atoms with Gasteiger partial charge in [0.1, 0.15) is 6.61 Å². The molecule has 0 bridgehead atoms. The average molecular weight is 435 g/mol. The number of hydrogen-bond acceptors (Lipinski definition) is 8. The number of amides is 2. The van der Waals surface area contributed by atoms with Crippen LogP contribution in [0.2, 0.25) is 0 Å². The highest BCUT2D eigenvalue weighted by Gasteiger charge is 2.41. The number of ether oxygens (including phenoxy) is 2. The van der Waals surface area contributed by atoms with Crippen molar-refractivity contribution in [3.8, 4) is 0 Å². The summed E-state index contributed by atoms with van der Waals surface area (Å²) in [5.74, 6) is -0.613. The topological polar surface area (TPSA) is 126 Å². The number of oxime groups is 1. The molecular weight excluding hydrogens is 406 g/mol. The number of nitrogens with one attached hydrogen (secondary N) is 1. The maximum atomic E-state index is 13.1. The number of rotatable bonds is 8. The van der Waals surface area contributed by atoms with Gasteiger partial charge in [-0.05, 0) is 31.7 Å². The Balaban J connectivity index is 1.64. The number of aromatic nitrogens is 2. The van der Waals surface area contributed by atoms with Crippen molar-refractivity contribution >= 4 is 23.7 Å². The van der Waals surface area contributed by atoms with Crippen LogP contribution in [0.15, 0.2) is 17.4 Å². The molecule has 2 fully saturated rings. The molecule has 3 rings (SSSR count). The van der Waals surface area contributed by atoms with Crippen molar-refractivity contribution in [2.45, 2.75) is 45.7 Å². The van der Waals surface area contributed by atoms with Crippen molar-refractivity contribution in [2.75, 3.05) is 32.9 Å². The Hall–Kier alpha value is -3.11. The molecule has 2 aliphatic heterocycles. The summed E-state index contributed by atoms with van der Waals surface area (Å²) in [6.45, 7) is 7.00. The zero-order valence-corrected chi connectivity index (χ0v) is 18.1. The summed E-state index contributed by atoms with van der Waals surface area (Å²) in [6, 6.07) is 1.68. The monoisotopic (exact) mass is 435 g/mol. The Morgan fingerprint density at radius 2 is 2.10 bits per heavy atom. The zero-order chi connectivity index (χ0) is 22.4. The van der Waals surface area contributed by atoms with Crippen molar-refractivity contribution in [3.05, 3.63) is 18.0 Å². The van der Waals surface area contributed by atoms with Gasteiger partial charge in [0.05, 0.1) is 18.3 Å². The van der Waals surface area contributed by atoms with E-state index in [1.807, 2.05) is 4.90 Å². The van der Waals surface area contributed by atoms with E-state index in [-0.39, 0.29) is 36.4 Å². The first-order chi connectivity index (χ1) is 14.9. The molecule has 1 aromatic rings. The molecular formula is C20H29N5O6. The van der Waals surface area contributed by atoms with Gasteiger partial charge < -0.3 is 19.2 Å². The van der Waals surface area contributed by atoms with Gasteiger partial charge in [0.15, 0.2) is 5.71 Å². The number of carbonyl (C=O) groups is 3. The maximum Gasteiger partial charge on any atom is 0.410 e. The zero-order valence-electron chi connectivity index (χ0n) is 18.1. The van der Waals surface area contributed by atoms with E-state index in [9.17, 15) is 14.4 Å². The van der Waals surface area contributed by atoms with Crippen LogP contribution in [0.25, 0.3) is 0 Å². The van der Waals surface area contributed by atoms with Crippen molar-refractivity contribution in [1.29, 1.82) is 0 Å². The first-order valence-corrected chi connectivity index (χ1v) is 10.5. The van der Waals surface area contributed by atoms with Gasteiger partial charge in [-0.15, -0.1) is 0 Å². The lowest BCUT2D eigenvalue weighted by Gasteiger charge is -2.38. The second kappa shape index (κ2) is 10.3. The van der Waals surface area contributed by atoms with Crippen LogP contribution in [-0.2, 0) is 23.9 Å². The third kappa shape index (κ3) is 5.33. The standard InChI is InChI=1S/C20H29N5O6/c1-4-29-17(26)12-31-23-18(15-5-8-21-22-15)19(27)24-9-6-14(7-10-24)25-16(13(2)3)11-30-20(25)28/h5,8,13-14,16H,4,6-7,9-12H2,1-3H3,(H,21,22)/b23-18+. The Morgan fingerprint density at radius 3 is 2.71 bits per heavy atom. The largest absolute Gasteiger partial charge is 0.463 e. The Bertz CT molecular complexity index is 801. The number of likely N-dealkylation sites (tertiary alicyclic amines) is 1. The summed E-state index contributed by atoms with van der Waals surface area (Å²) in [4.78, 5) is 45.4. The van der Waals surface area contributed by atoms with E-state index < -0.39 is 12.6 Å². The molecule has 11 heteroatoms. The van der Waals surface area contributed by atoms with Gasteiger partial charge in [-0.2, -0.15) is 5.10 Å². The third-order valence-corrected chi connectivity index (χ3v) is 5.46. The van der Waals surface area contributed by atoms with E-state index in [2.05, 4.69) is 29.2 Å². The molecule has 0 radical (unpaired) electrons. The molecule has 1 unspecified atom stereocenters. The van der Waals surface area contributed by atoms with Gasteiger partial charge in [-0.1, -0.05) is 19.0 Å². The summed E-state index contributed by atoms with van der Waals surface area (Å²) in [5, 5.41) is 10.4. The van der Waals surface area contributed by atoms with Crippen LogP contribution in [-0.4, -0.2) is 88.7 Å². The minimum Gasteiger partial charge on any atom is -0.463 e. The minimum absolute atomic E-state index is 0.0269. The number of carbonyl (C=O) groups excluding carboxylic acids is 3. The minimum atomic E-state index is -0.569. The molecule has 31 heavy (non-hydrogen) atoms. The molecule has 1 atom stereocenters. The Labute approximate surface area is 180 Å². The summed E-state index contributed by atoms with van der Waals surface area (Å²) in [6.07, 6.45) is 2.50. The highest BCUT2D eigenvalue weighted by molar-refractivity contribution is 6.44. The molecule has 0 aliphatic carbocycles. The van der Waals surface area contributed by atoms with Crippen molar-refractivity contribution in [2.24, 2.45) is 11.1 Å². The molecule has 0 aromatic carbocycles. The van der Waals surface area contributed by atoms with Gasteiger partial charge in [-0.25, -0.2) is 9.59 Å². The highest BCUT2D eigenvalue weighted by atomic mass is 16.7. The fraction of sp³-hybridized carbons (Fsp3) is 0.650. The van der Waals surface area contributed by atoms with E-state index in [1.165, 1.54) is 6.20 Å². The molecule has 3 heterocycles. The lowest BCUT2D eigenvalue weighted by atomic mass is 9.97. The van der Waals surface area contributed by atoms with E-state index in [0.29, 0.717) is 44.1 Å². The molecule has 2 saturated heterocycles. The van der Waals surface area contributed by atoms with Crippen LogP contribution < -0.4 is 0 Å². The van der Waals surface area contributed by atoms with Crippen LogP contribution >= 0.6 is 0 Å². The highest BCUT2D eigenvalue weighted by Crippen LogP contribution is 2.27. The fourth-order valence-electron chi connectivity index (χ4n) is 3.82. The van der Waals surface area contributed by atoms with E-state index in [1.54, 1.807) is 17.9 Å². The molecule has 0 saturated carbocycles. The number of cyclic esters (lactones) is 1. The van der Waals surface area contributed by atoms with Crippen LogP contribution in [0.1, 0.15) is 39.3 Å². The number of piperidine rings is 1. The van der Waals surface area contributed by atoms with Crippen LogP contribution in [0.5, 0.6) is 0 Å². The quantitative estimate of drug-likeness (QED) is 0.369. The SMILES string of the molecule is CCOC(=O)CO/N=C(/C(=O)N1CCC(N2C(=O)OCC2C(C)C)CC1)c1ccn[nH]1. The molecule has 170 valence electrons. The Kier molecular flexibility index (Phi) is 7.48. The molecule has 1 aromatic heterocycles. The van der Waals surface area contributed by atoms with Crippen molar-refractivity contribution < 1.29 is 28.7 Å².